The number of carboxylic acid groups (broad SMARTS) is 1. The van der Waals surface area contributed by atoms with Gasteiger partial charge < -0.3 is 15.7 Å². The molecule has 0 aliphatic heterocycles. The van der Waals surface area contributed by atoms with Crippen molar-refractivity contribution in [3.05, 3.63) is 29.6 Å². The third kappa shape index (κ3) is 3.26. The van der Waals surface area contributed by atoms with Crippen LogP contribution in [0.4, 0.5) is 14.9 Å². The number of benzene rings is 1. The first-order chi connectivity index (χ1) is 9.46. The summed E-state index contributed by atoms with van der Waals surface area (Å²) >= 11 is 0. The van der Waals surface area contributed by atoms with Crippen LogP contribution in [0.25, 0.3) is 0 Å². The highest BCUT2D eigenvalue weighted by molar-refractivity contribution is 5.93. The van der Waals surface area contributed by atoms with E-state index in [2.05, 4.69) is 17.6 Å². The summed E-state index contributed by atoms with van der Waals surface area (Å²) in [5.74, 6) is -2.19. The van der Waals surface area contributed by atoms with Crippen LogP contribution in [0.3, 0.4) is 0 Å². The molecule has 0 aromatic heterocycles. The van der Waals surface area contributed by atoms with Gasteiger partial charge in [0, 0.05) is 12.2 Å². The molecule has 1 fully saturated rings. The van der Waals surface area contributed by atoms with E-state index in [1.54, 1.807) is 0 Å². The maximum atomic E-state index is 13.2. The molecule has 108 valence electrons. The Bertz CT molecular complexity index is 541. The Morgan fingerprint density at radius 3 is 2.65 bits per heavy atom. The lowest BCUT2D eigenvalue weighted by Gasteiger charge is -2.14. The van der Waals surface area contributed by atoms with Crippen molar-refractivity contribution >= 4 is 17.7 Å². The summed E-state index contributed by atoms with van der Waals surface area (Å²) in [6, 6.07) is 3.04. The second-order valence-corrected chi connectivity index (χ2v) is 5.16. The third-order valence-corrected chi connectivity index (χ3v) is 3.79. The smallest absolute Gasteiger partial charge is 0.338 e. The molecule has 1 aliphatic carbocycles. The van der Waals surface area contributed by atoms with Crippen LogP contribution in [-0.2, 0) is 0 Å². The van der Waals surface area contributed by atoms with Crippen molar-refractivity contribution in [1.82, 2.24) is 5.32 Å². The van der Waals surface area contributed by atoms with Crippen LogP contribution < -0.4 is 10.6 Å². The lowest BCUT2D eigenvalue weighted by molar-refractivity contribution is 0.0692. The molecule has 6 heteroatoms. The number of halogens is 1. The van der Waals surface area contributed by atoms with E-state index >= 15 is 0 Å². The van der Waals surface area contributed by atoms with Crippen LogP contribution in [0.1, 0.15) is 36.5 Å². The molecular weight excluding hydrogens is 263 g/mol. The van der Waals surface area contributed by atoms with Crippen LogP contribution in [0.5, 0.6) is 0 Å². The molecule has 1 aromatic rings. The van der Waals surface area contributed by atoms with Gasteiger partial charge in [0.1, 0.15) is 5.82 Å². The highest BCUT2D eigenvalue weighted by Gasteiger charge is 2.40. The standard InChI is InChI=1S/C14H17FN2O3/c1-2-14(5-6-14)8-16-13(20)17-9-3-4-11(15)10(7-9)12(18)19/h3-4,7H,2,5-6,8H2,1H3,(H,18,19)(H2,16,17,20). The van der Waals surface area contributed by atoms with Gasteiger partial charge in [0.05, 0.1) is 5.56 Å². The van der Waals surface area contributed by atoms with Crippen molar-refractivity contribution in [3.63, 3.8) is 0 Å². The van der Waals surface area contributed by atoms with Gasteiger partial charge in [0.15, 0.2) is 0 Å². The van der Waals surface area contributed by atoms with E-state index in [4.69, 9.17) is 5.11 Å². The van der Waals surface area contributed by atoms with E-state index in [0.29, 0.717) is 6.54 Å². The van der Waals surface area contributed by atoms with Gasteiger partial charge in [-0.05, 0) is 42.9 Å². The van der Waals surface area contributed by atoms with Gasteiger partial charge in [0.25, 0.3) is 0 Å². The van der Waals surface area contributed by atoms with Crippen molar-refractivity contribution < 1.29 is 19.1 Å². The van der Waals surface area contributed by atoms with Gasteiger partial charge in [-0.25, -0.2) is 14.0 Å². The zero-order valence-electron chi connectivity index (χ0n) is 11.2. The highest BCUT2D eigenvalue weighted by Crippen LogP contribution is 2.47. The fourth-order valence-electron chi connectivity index (χ4n) is 2.04. The number of amides is 2. The molecule has 0 unspecified atom stereocenters. The molecule has 0 bridgehead atoms. The van der Waals surface area contributed by atoms with E-state index in [0.717, 1.165) is 31.4 Å². The van der Waals surface area contributed by atoms with Crippen LogP contribution in [0.2, 0.25) is 0 Å². The summed E-state index contributed by atoms with van der Waals surface area (Å²) in [6.07, 6.45) is 3.25. The molecule has 1 saturated carbocycles. The minimum atomic E-state index is -1.37. The highest BCUT2D eigenvalue weighted by atomic mass is 19.1. The van der Waals surface area contributed by atoms with Crippen molar-refractivity contribution in [2.75, 3.05) is 11.9 Å². The van der Waals surface area contributed by atoms with Crippen molar-refractivity contribution in [2.24, 2.45) is 5.41 Å². The average molecular weight is 280 g/mol. The second kappa shape index (κ2) is 5.48. The van der Waals surface area contributed by atoms with E-state index in [1.165, 1.54) is 6.07 Å². The molecule has 2 amide bonds. The van der Waals surface area contributed by atoms with Crippen LogP contribution in [0.15, 0.2) is 18.2 Å². The Balaban J connectivity index is 1.94. The zero-order chi connectivity index (χ0) is 14.8. The molecular formula is C14H17FN2O3. The number of aromatic carboxylic acids is 1. The van der Waals surface area contributed by atoms with Gasteiger partial charge in [-0.2, -0.15) is 0 Å². The van der Waals surface area contributed by atoms with Gasteiger partial charge in [-0.15, -0.1) is 0 Å². The van der Waals surface area contributed by atoms with Crippen LogP contribution >= 0.6 is 0 Å². The maximum Gasteiger partial charge on any atom is 0.338 e. The lowest BCUT2D eigenvalue weighted by atomic mass is 10.0. The zero-order valence-corrected chi connectivity index (χ0v) is 11.2. The molecule has 0 spiro atoms. The summed E-state index contributed by atoms with van der Waals surface area (Å²) in [5, 5.41) is 14.1. The Labute approximate surface area is 116 Å². The summed E-state index contributed by atoms with van der Waals surface area (Å²) in [7, 11) is 0. The van der Waals surface area contributed by atoms with Crippen molar-refractivity contribution in [2.45, 2.75) is 26.2 Å². The number of hydrogen-bond acceptors (Lipinski definition) is 2. The fraction of sp³-hybridized carbons (Fsp3) is 0.429. The van der Waals surface area contributed by atoms with E-state index in [-0.39, 0.29) is 11.1 Å². The molecule has 5 nitrogen and oxygen atoms in total. The van der Waals surface area contributed by atoms with Gasteiger partial charge in [-0.1, -0.05) is 6.92 Å². The molecule has 0 heterocycles. The molecule has 0 radical (unpaired) electrons. The van der Waals surface area contributed by atoms with Crippen LogP contribution in [0, 0.1) is 11.2 Å². The molecule has 2 rings (SSSR count). The normalized spacial score (nSPS) is 15.5. The Hall–Kier alpha value is -2.11. The minimum Gasteiger partial charge on any atom is -0.478 e. The van der Waals surface area contributed by atoms with E-state index in [1.807, 2.05) is 0 Å². The van der Waals surface area contributed by atoms with E-state index in [9.17, 15) is 14.0 Å². The van der Waals surface area contributed by atoms with E-state index < -0.39 is 23.4 Å². The molecule has 3 N–H and O–H groups in total. The SMILES string of the molecule is CCC1(CNC(=O)Nc2ccc(F)c(C(=O)O)c2)CC1. The third-order valence-electron chi connectivity index (χ3n) is 3.79. The summed E-state index contributed by atoms with van der Waals surface area (Å²) < 4.78 is 13.2. The average Bonchev–Trinajstić information content (AvgIpc) is 3.19. The van der Waals surface area contributed by atoms with Crippen molar-refractivity contribution in [1.29, 1.82) is 0 Å². The largest absolute Gasteiger partial charge is 0.478 e. The second-order valence-electron chi connectivity index (χ2n) is 5.16. The maximum absolute atomic E-state index is 13.2. The number of carbonyl (C=O) groups excluding carboxylic acids is 1. The first kappa shape index (κ1) is 14.3. The number of nitrogens with one attached hydrogen (secondary N) is 2. The lowest BCUT2D eigenvalue weighted by Crippen LogP contribution is -2.33. The number of anilines is 1. The Morgan fingerprint density at radius 1 is 1.40 bits per heavy atom. The number of carbonyl (C=O) groups is 2. The molecule has 1 aromatic carbocycles. The quantitative estimate of drug-likeness (QED) is 0.776. The monoisotopic (exact) mass is 280 g/mol. The predicted octanol–water partition coefficient (Wildman–Crippen LogP) is 2.84. The first-order valence-electron chi connectivity index (χ1n) is 6.53. The van der Waals surface area contributed by atoms with Crippen molar-refractivity contribution in [3.8, 4) is 0 Å². The summed E-state index contributed by atoms with van der Waals surface area (Å²) in [5.41, 5.74) is 0.0180. The van der Waals surface area contributed by atoms with Gasteiger partial charge in [-0.3, -0.25) is 0 Å². The predicted molar refractivity (Wildman–Crippen MR) is 72.3 cm³/mol. The molecule has 0 atom stereocenters. The number of hydrogen-bond donors (Lipinski definition) is 3. The number of rotatable bonds is 5. The van der Waals surface area contributed by atoms with Gasteiger partial charge in [0.2, 0.25) is 0 Å². The fourth-order valence-corrected chi connectivity index (χ4v) is 2.04. The number of carboxylic acids is 1. The van der Waals surface area contributed by atoms with Crippen LogP contribution in [-0.4, -0.2) is 23.7 Å². The molecule has 0 saturated heterocycles. The first-order valence-corrected chi connectivity index (χ1v) is 6.53. The van der Waals surface area contributed by atoms with Gasteiger partial charge >= 0.3 is 12.0 Å². The Kier molecular flexibility index (Phi) is 3.92. The summed E-state index contributed by atoms with van der Waals surface area (Å²) in [6.45, 7) is 2.69. The minimum absolute atomic E-state index is 0.229. The Morgan fingerprint density at radius 2 is 2.10 bits per heavy atom. The summed E-state index contributed by atoms with van der Waals surface area (Å²) in [4.78, 5) is 22.5. The number of urea groups is 1. The topological polar surface area (TPSA) is 78.4 Å². The molecule has 20 heavy (non-hydrogen) atoms. The molecule has 1 aliphatic rings.